The molecule has 0 bridgehead atoms. The van der Waals surface area contributed by atoms with Crippen molar-refractivity contribution >= 4 is 51.6 Å². The van der Waals surface area contributed by atoms with Crippen LogP contribution in [0.4, 0.5) is 10.7 Å². The zero-order chi connectivity index (χ0) is 26.7. The predicted molar refractivity (Wildman–Crippen MR) is 139 cm³/mol. The summed E-state index contributed by atoms with van der Waals surface area (Å²) in [5.41, 5.74) is 1.15. The van der Waals surface area contributed by atoms with Gasteiger partial charge in [0.15, 0.2) is 0 Å². The summed E-state index contributed by atoms with van der Waals surface area (Å²) < 4.78 is 10.9. The van der Waals surface area contributed by atoms with Crippen LogP contribution >= 0.6 is 22.9 Å². The Bertz CT molecular complexity index is 1470. The third-order valence-corrected chi connectivity index (χ3v) is 7.41. The van der Waals surface area contributed by atoms with Gasteiger partial charge in [-0.05, 0) is 61.9 Å². The van der Waals surface area contributed by atoms with Crippen molar-refractivity contribution in [3.63, 3.8) is 0 Å². The maximum absolute atomic E-state index is 13.0. The second kappa shape index (κ2) is 11.0. The molecule has 1 atom stereocenters. The van der Waals surface area contributed by atoms with Gasteiger partial charge >= 0.3 is 5.97 Å². The number of hydrogen-bond donors (Lipinski definition) is 1. The van der Waals surface area contributed by atoms with Gasteiger partial charge in [-0.3, -0.25) is 14.9 Å². The standard InChI is InChI=1S/C26H22ClN3O6S/c1-3-35-26(32)23-18-7-4-14(2)10-22(18)37-25(23)29-24(31)16(13-28)11-17-6-9-21(36-17)15-5-8-19(27)20(12-15)30(33)34/h5-6,8-9,11-12,14H,3-4,7,10H2,1-2H3,(H,29,31). The van der Waals surface area contributed by atoms with E-state index in [1.165, 1.54) is 35.6 Å². The minimum absolute atomic E-state index is 0.00392. The van der Waals surface area contributed by atoms with Gasteiger partial charge in [0, 0.05) is 22.6 Å². The highest BCUT2D eigenvalue weighted by Crippen LogP contribution is 2.40. The van der Waals surface area contributed by atoms with E-state index in [1.807, 2.05) is 6.07 Å². The van der Waals surface area contributed by atoms with E-state index in [4.69, 9.17) is 20.8 Å². The molecule has 4 rings (SSSR count). The van der Waals surface area contributed by atoms with Crippen molar-refractivity contribution in [3.8, 4) is 17.4 Å². The second-order valence-corrected chi connectivity index (χ2v) is 10.0. The lowest BCUT2D eigenvalue weighted by Crippen LogP contribution is -2.17. The van der Waals surface area contributed by atoms with Crippen LogP contribution in [0.25, 0.3) is 17.4 Å². The normalized spacial score (nSPS) is 15.0. The summed E-state index contributed by atoms with van der Waals surface area (Å²) in [6.07, 6.45) is 3.73. The van der Waals surface area contributed by atoms with Crippen molar-refractivity contribution in [3.05, 3.63) is 72.8 Å². The number of furan rings is 1. The summed E-state index contributed by atoms with van der Waals surface area (Å²) >= 11 is 7.20. The monoisotopic (exact) mass is 539 g/mol. The average Bonchev–Trinajstić information content (AvgIpc) is 3.46. The van der Waals surface area contributed by atoms with Gasteiger partial charge in [0.1, 0.15) is 33.2 Å². The molecule has 2 heterocycles. The Morgan fingerprint density at radius 2 is 2.16 bits per heavy atom. The molecule has 9 nitrogen and oxygen atoms in total. The van der Waals surface area contributed by atoms with E-state index < -0.39 is 16.8 Å². The SMILES string of the molecule is CCOC(=O)c1c(NC(=O)C(C#N)=Cc2ccc(-c3ccc(Cl)c([N+](=O)[O-])c3)o2)sc2c1CCC(C)C2. The van der Waals surface area contributed by atoms with Crippen LogP contribution in [0.2, 0.25) is 5.02 Å². The Labute approximate surface area is 221 Å². The first-order chi connectivity index (χ1) is 17.7. The van der Waals surface area contributed by atoms with Gasteiger partial charge in [-0.25, -0.2) is 4.79 Å². The Balaban J connectivity index is 1.60. The fourth-order valence-corrected chi connectivity index (χ4v) is 5.69. The van der Waals surface area contributed by atoms with E-state index in [0.717, 1.165) is 29.7 Å². The van der Waals surface area contributed by atoms with E-state index in [1.54, 1.807) is 19.1 Å². The van der Waals surface area contributed by atoms with Gasteiger partial charge in [0.2, 0.25) is 0 Å². The van der Waals surface area contributed by atoms with Gasteiger partial charge in [-0.15, -0.1) is 11.3 Å². The number of carbonyl (C=O) groups excluding carboxylic acids is 2. The highest BCUT2D eigenvalue weighted by Gasteiger charge is 2.29. The van der Waals surface area contributed by atoms with Crippen LogP contribution in [0.15, 0.2) is 40.3 Å². The first-order valence-corrected chi connectivity index (χ1v) is 12.7. The maximum Gasteiger partial charge on any atom is 0.341 e. The number of halogens is 1. The molecular weight excluding hydrogens is 518 g/mol. The molecule has 0 aliphatic heterocycles. The molecule has 1 N–H and O–H groups in total. The van der Waals surface area contributed by atoms with Crippen LogP contribution in [0.3, 0.4) is 0 Å². The van der Waals surface area contributed by atoms with E-state index in [-0.39, 0.29) is 28.7 Å². The lowest BCUT2D eigenvalue weighted by Gasteiger charge is -2.18. The Kier molecular flexibility index (Phi) is 7.76. The molecule has 2 aromatic heterocycles. The molecule has 0 fully saturated rings. The molecular formula is C26H22ClN3O6S. The molecule has 1 aliphatic carbocycles. The predicted octanol–water partition coefficient (Wildman–Crippen LogP) is 6.42. The number of amides is 1. The molecule has 0 saturated heterocycles. The molecule has 1 amide bonds. The van der Waals surface area contributed by atoms with Gasteiger partial charge in [0.05, 0.1) is 17.1 Å². The highest BCUT2D eigenvalue weighted by molar-refractivity contribution is 7.17. The van der Waals surface area contributed by atoms with E-state index in [2.05, 4.69) is 12.2 Å². The van der Waals surface area contributed by atoms with Gasteiger partial charge in [-0.1, -0.05) is 18.5 Å². The molecule has 1 aromatic carbocycles. The topological polar surface area (TPSA) is 135 Å². The molecule has 3 aromatic rings. The lowest BCUT2D eigenvalue weighted by atomic mass is 9.88. The highest BCUT2D eigenvalue weighted by atomic mass is 35.5. The minimum Gasteiger partial charge on any atom is -0.462 e. The lowest BCUT2D eigenvalue weighted by molar-refractivity contribution is -0.384. The van der Waals surface area contributed by atoms with E-state index in [0.29, 0.717) is 27.8 Å². The number of thiophene rings is 1. The summed E-state index contributed by atoms with van der Waals surface area (Å²) in [5, 5.41) is 23.9. The van der Waals surface area contributed by atoms with Crippen molar-refractivity contribution in [2.24, 2.45) is 5.92 Å². The van der Waals surface area contributed by atoms with E-state index in [9.17, 15) is 25.0 Å². The Morgan fingerprint density at radius 3 is 2.86 bits per heavy atom. The molecule has 1 unspecified atom stereocenters. The molecule has 1 aliphatic rings. The molecule has 37 heavy (non-hydrogen) atoms. The van der Waals surface area contributed by atoms with Crippen LogP contribution in [0.5, 0.6) is 0 Å². The molecule has 0 spiro atoms. The van der Waals surface area contributed by atoms with Crippen LogP contribution < -0.4 is 5.32 Å². The van der Waals surface area contributed by atoms with Crippen molar-refractivity contribution in [1.29, 1.82) is 5.26 Å². The summed E-state index contributed by atoms with van der Waals surface area (Å²) in [6.45, 7) is 4.06. The molecule has 11 heteroatoms. The third-order valence-electron chi connectivity index (χ3n) is 5.92. The molecule has 0 radical (unpaired) electrons. The van der Waals surface area contributed by atoms with Crippen LogP contribution in [-0.4, -0.2) is 23.4 Å². The van der Waals surface area contributed by atoms with Gasteiger partial charge in [0.25, 0.3) is 11.6 Å². The number of nitriles is 1. The van der Waals surface area contributed by atoms with Crippen LogP contribution in [-0.2, 0) is 22.4 Å². The first-order valence-electron chi connectivity index (χ1n) is 11.5. The molecule has 190 valence electrons. The Morgan fingerprint density at radius 1 is 1.38 bits per heavy atom. The number of nitro groups is 1. The third kappa shape index (κ3) is 5.58. The number of benzene rings is 1. The summed E-state index contributed by atoms with van der Waals surface area (Å²) in [7, 11) is 0. The number of anilines is 1. The smallest absolute Gasteiger partial charge is 0.341 e. The number of ether oxygens (including phenoxy) is 1. The zero-order valence-electron chi connectivity index (χ0n) is 20.0. The number of fused-ring (bicyclic) bond motifs is 1. The quantitative estimate of drug-likeness (QED) is 0.120. The number of rotatable bonds is 7. The number of esters is 1. The number of nitrogens with one attached hydrogen (secondary N) is 1. The summed E-state index contributed by atoms with van der Waals surface area (Å²) in [5.74, 6) is -0.230. The van der Waals surface area contributed by atoms with Gasteiger partial charge in [-0.2, -0.15) is 5.26 Å². The molecule has 0 saturated carbocycles. The average molecular weight is 540 g/mol. The number of nitro benzene ring substituents is 1. The van der Waals surface area contributed by atoms with E-state index >= 15 is 0 Å². The minimum atomic E-state index is -0.695. The van der Waals surface area contributed by atoms with Crippen molar-refractivity contribution in [2.75, 3.05) is 11.9 Å². The fourth-order valence-electron chi connectivity index (χ4n) is 4.11. The van der Waals surface area contributed by atoms with Gasteiger partial charge < -0.3 is 14.5 Å². The second-order valence-electron chi connectivity index (χ2n) is 8.53. The largest absolute Gasteiger partial charge is 0.462 e. The first kappa shape index (κ1) is 26.1. The summed E-state index contributed by atoms with van der Waals surface area (Å²) in [6, 6.07) is 9.21. The number of nitrogens with zero attached hydrogens (tertiary/aromatic N) is 2. The number of carbonyl (C=O) groups is 2. The van der Waals surface area contributed by atoms with Crippen molar-refractivity contribution < 1.29 is 23.7 Å². The Hall–Kier alpha value is -3.94. The van der Waals surface area contributed by atoms with Crippen molar-refractivity contribution in [2.45, 2.75) is 33.1 Å². The zero-order valence-corrected chi connectivity index (χ0v) is 21.6. The summed E-state index contributed by atoms with van der Waals surface area (Å²) in [4.78, 5) is 37.3. The maximum atomic E-state index is 13.0. The fraction of sp³-hybridized carbons (Fsp3) is 0.269. The van der Waals surface area contributed by atoms with Crippen LogP contribution in [0, 0.1) is 27.4 Å². The number of hydrogen-bond acceptors (Lipinski definition) is 8. The van der Waals surface area contributed by atoms with Crippen LogP contribution in [0.1, 0.15) is 46.8 Å². The van der Waals surface area contributed by atoms with Crippen molar-refractivity contribution in [1.82, 2.24) is 0 Å².